The highest BCUT2D eigenvalue weighted by Crippen LogP contribution is 2.24. The molecule has 0 aliphatic heterocycles. The average molecular weight is 306 g/mol. The van der Waals surface area contributed by atoms with Crippen LogP contribution in [0.1, 0.15) is 71.1 Å². The molecule has 22 heavy (non-hydrogen) atoms. The lowest BCUT2D eigenvalue weighted by atomic mass is 9.95. The fraction of sp³-hybridized carbons (Fsp3) is 0.647. The Labute approximate surface area is 131 Å². The van der Waals surface area contributed by atoms with Crippen LogP contribution in [0.15, 0.2) is 0 Å². The second kappa shape index (κ2) is 7.09. The van der Waals surface area contributed by atoms with Gasteiger partial charge < -0.3 is 15.4 Å². The number of aliphatic hydroxyl groups excluding tert-OH is 1. The van der Waals surface area contributed by atoms with Crippen molar-refractivity contribution < 1.29 is 14.7 Å². The molecule has 0 aromatic carbocycles. The molecule has 1 fully saturated rings. The van der Waals surface area contributed by atoms with Gasteiger partial charge in [0.2, 0.25) is 0 Å². The van der Waals surface area contributed by atoms with Crippen molar-refractivity contribution in [1.82, 2.24) is 10.3 Å². The number of carbonyl (C=O) groups excluding carboxylic acids is 2. The van der Waals surface area contributed by atoms with E-state index in [4.69, 9.17) is 0 Å². The van der Waals surface area contributed by atoms with Gasteiger partial charge in [-0.1, -0.05) is 19.3 Å². The summed E-state index contributed by atoms with van der Waals surface area (Å²) in [6, 6.07) is 0.00350. The summed E-state index contributed by atoms with van der Waals surface area (Å²) in [5, 5.41) is 12.6. The van der Waals surface area contributed by atoms with E-state index in [2.05, 4.69) is 10.3 Å². The van der Waals surface area contributed by atoms with Gasteiger partial charge in [0, 0.05) is 29.8 Å². The maximum Gasteiger partial charge on any atom is 0.268 e. The Balaban J connectivity index is 2.18. The number of nitrogens with one attached hydrogen (secondary N) is 2. The van der Waals surface area contributed by atoms with Gasteiger partial charge >= 0.3 is 0 Å². The summed E-state index contributed by atoms with van der Waals surface area (Å²) in [4.78, 5) is 27.3. The molecular formula is C17H26N2O3. The minimum atomic E-state index is -0.182. The predicted octanol–water partition coefficient (Wildman–Crippen LogP) is 2.51. The Kier molecular flexibility index (Phi) is 5.40. The van der Waals surface area contributed by atoms with Crippen LogP contribution in [0.3, 0.4) is 0 Å². The minimum Gasteiger partial charge on any atom is -0.396 e. The first kappa shape index (κ1) is 16.7. The molecule has 0 spiro atoms. The zero-order valence-electron chi connectivity index (χ0n) is 13.7. The van der Waals surface area contributed by atoms with Crippen molar-refractivity contribution in [1.29, 1.82) is 0 Å². The Hall–Kier alpha value is -1.62. The first-order valence-electron chi connectivity index (χ1n) is 8.07. The molecule has 5 heteroatoms. The zero-order chi connectivity index (χ0) is 16.3. The van der Waals surface area contributed by atoms with Crippen LogP contribution in [0.2, 0.25) is 0 Å². The number of aryl methyl sites for hydroxylation is 1. The van der Waals surface area contributed by atoms with Crippen molar-refractivity contribution in [2.45, 2.75) is 58.9 Å². The maximum atomic E-state index is 12.6. The van der Waals surface area contributed by atoms with Crippen molar-refractivity contribution >= 4 is 11.7 Å². The fourth-order valence-electron chi connectivity index (χ4n) is 3.54. The number of aliphatic hydroxyl groups is 1. The molecule has 1 saturated carbocycles. The number of hydrogen-bond donors (Lipinski definition) is 3. The summed E-state index contributed by atoms with van der Waals surface area (Å²) in [6.45, 7) is 5.22. The van der Waals surface area contributed by atoms with E-state index in [1.54, 1.807) is 6.92 Å². The highest BCUT2D eigenvalue weighted by Gasteiger charge is 2.27. The summed E-state index contributed by atoms with van der Waals surface area (Å²) in [5.74, 6) is -0.0958. The number of rotatable bonds is 4. The Bertz CT molecular complexity index is 562. The molecule has 1 aliphatic rings. The molecule has 3 N–H and O–H groups in total. The zero-order valence-corrected chi connectivity index (χ0v) is 13.7. The molecule has 5 nitrogen and oxygen atoms in total. The third-order valence-electron chi connectivity index (χ3n) is 4.73. The number of aromatic nitrogens is 1. The van der Waals surface area contributed by atoms with Crippen LogP contribution >= 0.6 is 0 Å². The predicted molar refractivity (Wildman–Crippen MR) is 85.2 cm³/mol. The van der Waals surface area contributed by atoms with Crippen LogP contribution in [0.5, 0.6) is 0 Å². The highest BCUT2D eigenvalue weighted by molar-refractivity contribution is 6.02. The van der Waals surface area contributed by atoms with Gasteiger partial charge in [0.15, 0.2) is 5.78 Å². The number of aromatic amines is 1. The summed E-state index contributed by atoms with van der Waals surface area (Å²) in [7, 11) is 0. The number of H-pyrrole nitrogens is 1. The molecule has 122 valence electrons. The molecule has 2 unspecified atom stereocenters. The molecule has 1 aromatic heterocycles. The largest absolute Gasteiger partial charge is 0.396 e. The van der Waals surface area contributed by atoms with Crippen molar-refractivity contribution in [3.8, 4) is 0 Å². The molecule has 0 radical (unpaired) electrons. The maximum absolute atomic E-state index is 12.6. The van der Waals surface area contributed by atoms with Gasteiger partial charge in [-0.15, -0.1) is 0 Å². The monoisotopic (exact) mass is 306 g/mol. The number of hydrogen-bond acceptors (Lipinski definition) is 3. The van der Waals surface area contributed by atoms with Crippen molar-refractivity contribution in [3.63, 3.8) is 0 Å². The first-order chi connectivity index (χ1) is 10.5. The first-order valence-corrected chi connectivity index (χ1v) is 8.07. The van der Waals surface area contributed by atoms with Gasteiger partial charge in [0.25, 0.3) is 5.91 Å². The molecule has 2 rings (SSSR count). The molecule has 0 bridgehead atoms. The lowest BCUT2D eigenvalue weighted by Crippen LogP contribution is -2.41. The van der Waals surface area contributed by atoms with Crippen LogP contribution in [0, 0.1) is 19.8 Å². The van der Waals surface area contributed by atoms with Crippen LogP contribution in [-0.2, 0) is 0 Å². The summed E-state index contributed by atoms with van der Waals surface area (Å²) in [5.41, 5.74) is 2.50. The van der Waals surface area contributed by atoms with Gasteiger partial charge in [0.05, 0.1) is 0 Å². The lowest BCUT2D eigenvalue weighted by Gasteiger charge is -2.24. The Morgan fingerprint density at radius 1 is 1.23 bits per heavy atom. The third-order valence-corrected chi connectivity index (χ3v) is 4.73. The van der Waals surface area contributed by atoms with Crippen molar-refractivity contribution in [3.05, 3.63) is 22.5 Å². The number of carbonyl (C=O) groups is 2. The smallest absolute Gasteiger partial charge is 0.268 e. The summed E-state index contributed by atoms with van der Waals surface area (Å²) >= 11 is 0. The number of amides is 1. The van der Waals surface area contributed by atoms with Crippen LogP contribution in [-0.4, -0.2) is 34.4 Å². The molecule has 1 aromatic rings. The third kappa shape index (κ3) is 3.40. The van der Waals surface area contributed by atoms with Gasteiger partial charge in [-0.3, -0.25) is 9.59 Å². The molecular weight excluding hydrogens is 280 g/mol. The summed E-state index contributed by atoms with van der Waals surface area (Å²) < 4.78 is 0. The van der Waals surface area contributed by atoms with Crippen LogP contribution in [0.4, 0.5) is 0 Å². The van der Waals surface area contributed by atoms with E-state index in [9.17, 15) is 14.7 Å². The summed E-state index contributed by atoms with van der Waals surface area (Å²) in [6.07, 6.45) is 5.17. The minimum absolute atomic E-state index is 0.00350. The van der Waals surface area contributed by atoms with Crippen LogP contribution in [0.25, 0.3) is 0 Å². The van der Waals surface area contributed by atoms with E-state index in [-0.39, 0.29) is 30.3 Å². The van der Waals surface area contributed by atoms with E-state index in [1.165, 1.54) is 6.92 Å². The molecule has 1 amide bonds. The second-order valence-corrected chi connectivity index (χ2v) is 6.34. The normalized spacial score (nSPS) is 22.2. The standard InChI is InChI=1S/C17H26N2O3/c1-10-15(12(3)21)11(2)18-16(10)17(22)19-14-8-6-4-5-7-13(14)9-20/h13-14,18,20H,4-9H2,1-3H3,(H,19,22). The number of ketones is 1. The van der Waals surface area contributed by atoms with Crippen LogP contribution < -0.4 is 5.32 Å². The molecule has 2 atom stereocenters. The van der Waals surface area contributed by atoms with E-state index >= 15 is 0 Å². The van der Waals surface area contributed by atoms with E-state index in [1.807, 2.05) is 6.92 Å². The van der Waals surface area contributed by atoms with Crippen molar-refractivity contribution in [2.75, 3.05) is 6.61 Å². The lowest BCUT2D eigenvalue weighted by molar-refractivity contribution is 0.0894. The Morgan fingerprint density at radius 3 is 2.50 bits per heavy atom. The molecule has 1 aliphatic carbocycles. The number of Topliss-reactive ketones (excluding diaryl/α,β-unsaturated/α-hetero) is 1. The quantitative estimate of drug-likeness (QED) is 0.590. The van der Waals surface area contributed by atoms with Gasteiger partial charge in [-0.2, -0.15) is 0 Å². The molecule has 1 heterocycles. The van der Waals surface area contributed by atoms with Gasteiger partial charge in [0.1, 0.15) is 5.69 Å². The van der Waals surface area contributed by atoms with E-state index < -0.39 is 0 Å². The highest BCUT2D eigenvalue weighted by atomic mass is 16.3. The Morgan fingerprint density at radius 2 is 1.91 bits per heavy atom. The van der Waals surface area contributed by atoms with Crippen molar-refractivity contribution in [2.24, 2.45) is 5.92 Å². The fourth-order valence-corrected chi connectivity index (χ4v) is 3.54. The van der Waals surface area contributed by atoms with E-state index in [0.29, 0.717) is 16.8 Å². The topological polar surface area (TPSA) is 82.2 Å². The van der Waals surface area contributed by atoms with Gasteiger partial charge in [-0.05, 0) is 39.2 Å². The molecule has 0 saturated heterocycles. The van der Waals surface area contributed by atoms with Gasteiger partial charge in [-0.25, -0.2) is 0 Å². The SMILES string of the molecule is CC(=O)c1c(C)[nH]c(C(=O)NC2CCCCCC2CO)c1C. The second-order valence-electron chi connectivity index (χ2n) is 6.34. The average Bonchev–Trinajstić information content (AvgIpc) is 2.63. The van der Waals surface area contributed by atoms with E-state index in [0.717, 1.165) is 37.8 Å².